The lowest BCUT2D eigenvalue weighted by Crippen LogP contribution is -2.30. The molecular weight excluding hydrogens is 361 g/mol. The number of carbonyl (C=O) groups is 3. The van der Waals surface area contributed by atoms with E-state index in [0.717, 1.165) is 0 Å². The second-order valence-electron chi connectivity index (χ2n) is 5.90. The van der Waals surface area contributed by atoms with E-state index in [1.807, 2.05) is 0 Å². The molecule has 3 rings (SSSR count). The number of hydrogen-bond donors (Lipinski definition) is 3. The van der Waals surface area contributed by atoms with Crippen molar-refractivity contribution < 1.29 is 18.8 Å². The fourth-order valence-corrected chi connectivity index (χ4v) is 3.01. The van der Waals surface area contributed by atoms with E-state index in [0.29, 0.717) is 22.6 Å². The van der Waals surface area contributed by atoms with Crippen molar-refractivity contribution in [2.24, 2.45) is 0 Å². The summed E-state index contributed by atoms with van der Waals surface area (Å²) < 4.78 is 13.4. The van der Waals surface area contributed by atoms with Crippen molar-refractivity contribution >= 4 is 46.4 Å². The topological polar surface area (TPSA) is 87.3 Å². The molecule has 3 N–H and O–H groups in total. The minimum absolute atomic E-state index is 0.0395. The van der Waals surface area contributed by atoms with Gasteiger partial charge in [-0.2, -0.15) is 0 Å². The summed E-state index contributed by atoms with van der Waals surface area (Å²) in [5, 5.41) is 8.10. The van der Waals surface area contributed by atoms with Gasteiger partial charge >= 0.3 is 0 Å². The molecule has 0 aromatic heterocycles. The van der Waals surface area contributed by atoms with Crippen molar-refractivity contribution in [1.82, 2.24) is 0 Å². The predicted octanol–water partition coefficient (Wildman–Crippen LogP) is 3.50. The Morgan fingerprint density at radius 1 is 1.19 bits per heavy atom. The van der Waals surface area contributed by atoms with Gasteiger partial charge in [0.15, 0.2) is 0 Å². The Hall–Kier alpha value is -2.93. The van der Waals surface area contributed by atoms with Gasteiger partial charge in [-0.05, 0) is 35.9 Å². The van der Waals surface area contributed by atoms with Gasteiger partial charge in [0.05, 0.1) is 16.6 Å². The lowest BCUT2D eigenvalue weighted by Gasteiger charge is -2.25. The number of benzene rings is 2. The molecule has 0 spiro atoms. The summed E-state index contributed by atoms with van der Waals surface area (Å²) in [4.78, 5) is 35.6. The fourth-order valence-electron chi connectivity index (χ4n) is 2.78. The molecule has 0 saturated heterocycles. The molecule has 1 aliphatic heterocycles. The fraction of sp³-hybridized carbons (Fsp3) is 0.167. The van der Waals surface area contributed by atoms with E-state index in [9.17, 15) is 18.8 Å². The Bertz CT molecular complexity index is 917. The molecule has 0 bridgehead atoms. The molecule has 2 aromatic rings. The molecule has 1 heterocycles. The minimum Gasteiger partial charge on any atom is -0.326 e. The molecule has 1 aliphatic rings. The molecule has 0 unspecified atom stereocenters. The van der Waals surface area contributed by atoms with E-state index in [2.05, 4.69) is 16.0 Å². The van der Waals surface area contributed by atoms with Crippen molar-refractivity contribution in [3.8, 4) is 0 Å². The molecule has 26 heavy (non-hydrogen) atoms. The zero-order valence-electron chi connectivity index (χ0n) is 13.7. The highest BCUT2D eigenvalue weighted by molar-refractivity contribution is 6.34. The van der Waals surface area contributed by atoms with Crippen LogP contribution in [0.5, 0.6) is 0 Å². The maximum atomic E-state index is 13.4. The van der Waals surface area contributed by atoms with Crippen LogP contribution in [0.25, 0.3) is 0 Å². The zero-order valence-corrected chi connectivity index (χ0v) is 14.5. The maximum absolute atomic E-state index is 13.4. The van der Waals surface area contributed by atoms with Gasteiger partial charge in [-0.15, -0.1) is 0 Å². The molecule has 1 atom stereocenters. The normalized spacial score (nSPS) is 15.7. The van der Waals surface area contributed by atoms with Gasteiger partial charge in [0.2, 0.25) is 17.7 Å². The quantitative estimate of drug-likeness (QED) is 0.767. The largest absolute Gasteiger partial charge is 0.326 e. The van der Waals surface area contributed by atoms with E-state index >= 15 is 0 Å². The van der Waals surface area contributed by atoms with E-state index in [-0.39, 0.29) is 23.3 Å². The summed E-state index contributed by atoms with van der Waals surface area (Å²) in [6.07, 6.45) is -0.0395. The molecule has 3 amide bonds. The second-order valence-corrected chi connectivity index (χ2v) is 6.31. The van der Waals surface area contributed by atoms with Crippen LogP contribution < -0.4 is 16.0 Å². The van der Waals surface area contributed by atoms with Crippen molar-refractivity contribution in [1.29, 1.82) is 0 Å². The molecule has 0 saturated carbocycles. The first-order valence-corrected chi connectivity index (χ1v) is 8.18. The molecule has 134 valence electrons. The van der Waals surface area contributed by atoms with Crippen LogP contribution >= 0.6 is 11.6 Å². The molecule has 6 nitrogen and oxygen atoms in total. The number of carbonyl (C=O) groups excluding carboxylic acids is 3. The maximum Gasteiger partial charge on any atom is 0.232 e. The number of nitrogens with one attached hydrogen (secondary N) is 3. The van der Waals surface area contributed by atoms with Crippen LogP contribution in [0.1, 0.15) is 24.8 Å². The van der Waals surface area contributed by atoms with Crippen LogP contribution in [0.15, 0.2) is 36.4 Å². The molecule has 2 aromatic carbocycles. The van der Waals surface area contributed by atoms with Crippen molar-refractivity contribution in [2.75, 3.05) is 16.0 Å². The number of halogens is 2. The van der Waals surface area contributed by atoms with Gasteiger partial charge in [-0.3, -0.25) is 14.4 Å². The summed E-state index contributed by atoms with van der Waals surface area (Å²) in [5.41, 5.74) is 1.68. The van der Waals surface area contributed by atoms with Crippen LogP contribution in [-0.4, -0.2) is 17.7 Å². The molecule has 8 heteroatoms. The Morgan fingerprint density at radius 3 is 2.65 bits per heavy atom. The lowest BCUT2D eigenvalue weighted by atomic mass is 9.89. The first-order valence-electron chi connectivity index (χ1n) is 7.81. The Balaban J connectivity index is 1.81. The van der Waals surface area contributed by atoms with Crippen LogP contribution in [0.2, 0.25) is 5.02 Å². The Morgan fingerprint density at radius 2 is 1.96 bits per heavy atom. The van der Waals surface area contributed by atoms with Crippen LogP contribution in [0.4, 0.5) is 21.5 Å². The van der Waals surface area contributed by atoms with Gasteiger partial charge in [0, 0.05) is 24.7 Å². The predicted molar refractivity (Wildman–Crippen MR) is 96.8 cm³/mol. The van der Waals surface area contributed by atoms with Gasteiger partial charge in [-0.25, -0.2) is 4.39 Å². The van der Waals surface area contributed by atoms with E-state index in [1.54, 1.807) is 12.1 Å². The lowest BCUT2D eigenvalue weighted by molar-refractivity contribution is -0.123. The Kier molecular flexibility index (Phi) is 4.90. The summed E-state index contributed by atoms with van der Waals surface area (Å²) in [7, 11) is 0. The SMILES string of the molecule is CC(=O)Nc1ccc(NC(=O)[C@H]2CC(=O)Nc3cc(F)ccc32)cc1Cl. The number of fused-ring (bicyclic) bond motifs is 1. The van der Waals surface area contributed by atoms with Crippen LogP contribution in [0.3, 0.4) is 0 Å². The number of rotatable bonds is 3. The molecule has 0 aliphatic carbocycles. The summed E-state index contributed by atoms with van der Waals surface area (Å²) in [5.74, 6) is -2.27. The third-order valence-electron chi connectivity index (χ3n) is 3.92. The van der Waals surface area contributed by atoms with Gasteiger partial charge in [0.1, 0.15) is 5.82 Å². The van der Waals surface area contributed by atoms with Crippen molar-refractivity contribution in [2.45, 2.75) is 19.3 Å². The summed E-state index contributed by atoms with van der Waals surface area (Å²) in [6.45, 7) is 1.36. The smallest absolute Gasteiger partial charge is 0.232 e. The number of anilines is 3. The monoisotopic (exact) mass is 375 g/mol. The van der Waals surface area contributed by atoms with Gasteiger partial charge in [-0.1, -0.05) is 17.7 Å². The average molecular weight is 376 g/mol. The average Bonchev–Trinajstić information content (AvgIpc) is 2.55. The third-order valence-corrected chi connectivity index (χ3v) is 4.23. The highest BCUT2D eigenvalue weighted by Gasteiger charge is 2.31. The number of hydrogen-bond acceptors (Lipinski definition) is 3. The summed E-state index contributed by atoms with van der Waals surface area (Å²) >= 11 is 6.09. The van der Waals surface area contributed by atoms with Crippen molar-refractivity contribution in [3.05, 3.63) is 52.8 Å². The van der Waals surface area contributed by atoms with Crippen LogP contribution in [0, 0.1) is 5.82 Å². The highest BCUT2D eigenvalue weighted by Crippen LogP contribution is 2.34. The van der Waals surface area contributed by atoms with E-state index < -0.39 is 17.6 Å². The molecule has 0 radical (unpaired) electrons. The molecule has 0 fully saturated rings. The van der Waals surface area contributed by atoms with Gasteiger partial charge < -0.3 is 16.0 Å². The molecular formula is C18H15ClFN3O3. The van der Waals surface area contributed by atoms with E-state index in [4.69, 9.17) is 11.6 Å². The van der Waals surface area contributed by atoms with E-state index in [1.165, 1.54) is 31.2 Å². The first kappa shape index (κ1) is 17.9. The first-order chi connectivity index (χ1) is 12.3. The Labute approximate surface area is 153 Å². The standard InChI is InChI=1S/C18H15ClFN3O3/c1-9(24)21-15-5-3-11(7-14(15)19)22-18(26)13-8-17(25)23-16-6-10(20)2-4-12(13)16/h2-7,13H,8H2,1H3,(H,21,24)(H,22,26)(H,23,25)/t13-/m0/s1. The third kappa shape index (κ3) is 3.83. The summed E-state index contributed by atoms with van der Waals surface area (Å²) in [6, 6.07) is 8.57. The zero-order chi connectivity index (χ0) is 18.8. The highest BCUT2D eigenvalue weighted by atomic mass is 35.5. The van der Waals surface area contributed by atoms with Gasteiger partial charge in [0.25, 0.3) is 0 Å². The second kappa shape index (κ2) is 7.13. The van der Waals surface area contributed by atoms with Crippen LogP contribution in [-0.2, 0) is 14.4 Å². The van der Waals surface area contributed by atoms with Crippen molar-refractivity contribution in [3.63, 3.8) is 0 Å². The minimum atomic E-state index is -0.742. The number of amides is 3.